The summed E-state index contributed by atoms with van der Waals surface area (Å²) in [5.74, 6) is 0.139. The van der Waals surface area contributed by atoms with Gasteiger partial charge >= 0.3 is 0 Å². The lowest BCUT2D eigenvalue weighted by atomic mass is 10.1. The van der Waals surface area contributed by atoms with E-state index >= 15 is 0 Å². The topological polar surface area (TPSA) is 116 Å². The second kappa shape index (κ2) is 7.97. The van der Waals surface area contributed by atoms with E-state index in [4.69, 9.17) is 4.42 Å². The molecular weight excluding hydrogens is 422 g/mol. The van der Waals surface area contributed by atoms with Crippen LogP contribution in [0, 0.1) is 6.92 Å². The number of pyridine rings is 1. The largest absolute Gasteiger partial charge is 0.457 e. The summed E-state index contributed by atoms with van der Waals surface area (Å²) in [7, 11) is -0.934. The van der Waals surface area contributed by atoms with Crippen LogP contribution in [0.15, 0.2) is 40.0 Å². The standard InChI is InChI=1S/C20H25N5O5S/c1-13-16(12-30-18(13)20(27)23(2)3)31(28,29)22-15-10-14-11-24(8-9-25(14)19(15)26)17-6-4-5-7-21-17/h4-7,12,14-15,22H,8-11H2,1-3H3. The fourth-order valence-corrected chi connectivity index (χ4v) is 5.47. The van der Waals surface area contributed by atoms with E-state index in [0.29, 0.717) is 26.1 Å². The predicted octanol–water partition coefficient (Wildman–Crippen LogP) is 0.453. The Kier molecular flexibility index (Phi) is 5.48. The molecule has 4 heterocycles. The molecule has 0 saturated carbocycles. The van der Waals surface area contributed by atoms with Crippen LogP contribution in [0.2, 0.25) is 0 Å². The Morgan fingerprint density at radius 1 is 1.29 bits per heavy atom. The van der Waals surface area contributed by atoms with Gasteiger partial charge in [0.2, 0.25) is 15.9 Å². The molecule has 2 amide bonds. The monoisotopic (exact) mass is 447 g/mol. The number of nitrogens with zero attached hydrogens (tertiary/aromatic N) is 4. The number of hydrogen-bond acceptors (Lipinski definition) is 7. The van der Waals surface area contributed by atoms with Crippen LogP contribution in [-0.4, -0.2) is 80.8 Å². The van der Waals surface area contributed by atoms with E-state index in [2.05, 4.69) is 14.6 Å². The number of carbonyl (C=O) groups excluding carboxylic acids is 2. The third kappa shape index (κ3) is 3.90. The zero-order valence-corrected chi connectivity index (χ0v) is 18.4. The van der Waals surface area contributed by atoms with Crippen LogP contribution in [0.5, 0.6) is 0 Å². The SMILES string of the molecule is Cc1c(S(=O)(=O)NC2CC3CN(c4ccccn4)CCN3C2=O)coc1C(=O)N(C)C. The zero-order valence-electron chi connectivity index (χ0n) is 17.6. The van der Waals surface area contributed by atoms with Crippen molar-refractivity contribution < 1.29 is 22.4 Å². The molecular formula is C20H25N5O5S. The fourth-order valence-electron chi connectivity index (χ4n) is 4.10. The van der Waals surface area contributed by atoms with Crippen LogP contribution in [0.25, 0.3) is 0 Å². The number of hydrogen-bond donors (Lipinski definition) is 1. The van der Waals surface area contributed by atoms with Crippen molar-refractivity contribution in [1.82, 2.24) is 19.5 Å². The summed E-state index contributed by atoms with van der Waals surface area (Å²) < 4.78 is 33.7. The average Bonchev–Trinajstić information content (AvgIpc) is 3.28. The lowest BCUT2D eigenvalue weighted by molar-refractivity contribution is -0.130. The number of furan rings is 1. The smallest absolute Gasteiger partial charge is 0.289 e. The molecule has 0 radical (unpaired) electrons. The molecule has 2 atom stereocenters. The summed E-state index contributed by atoms with van der Waals surface area (Å²) in [5, 5.41) is 0. The van der Waals surface area contributed by atoms with E-state index in [-0.39, 0.29) is 28.2 Å². The molecule has 2 aromatic heterocycles. The van der Waals surface area contributed by atoms with Crippen molar-refractivity contribution in [3.05, 3.63) is 42.0 Å². The molecule has 2 aliphatic rings. The van der Waals surface area contributed by atoms with E-state index in [1.165, 1.54) is 11.8 Å². The number of aromatic nitrogens is 1. The van der Waals surface area contributed by atoms with Gasteiger partial charge in [-0.1, -0.05) is 6.07 Å². The van der Waals surface area contributed by atoms with Gasteiger partial charge in [-0.2, -0.15) is 4.72 Å². The summed E-state index contributed by atoms with van der Waals surface area (Å²) in [6, 6.07) is 4.71. The van der Waals surface area contributed by atoms with Crippen molar-refractivity contribution in [2.75, 3.05) is 38.6 Å². The van der Waals surface area contributed by atoms with E-state index in [9.17, 15) is 18.0 Å². The Balaban J connectivity index is 1.49. The first-order valence-electron chi connectivity index (χ1n) is 9.97. The molecule has 1 N–H and O–H groups in total. The number of fused-ring (bicyclic) bond motifs is 1. The second-order valence-corrected chi connectivity index (χ2v) is 9.67. The minimum Gasteiger partial charge on any atom is -0.457 e. The highest BCUT2D eigenvalue weighted by Gasteiger charge is 2.44. The number of sulfonamides is 1. The van der Waals surface area contributed by atoms with Crippen molar-refractivity contribution in [2.24, 2.45) is 0 Å². The third-order valence-electron chi connectivity index (χ3n) is 5.73. The number of rotatable bonds is 5. The number of anilines is 1. The minimum absolute atomic E-state index is 0.0356. The van der Waals surface area contributed by atoms with Crippen LogP contribution >= 0.6 is 0 Å². The van der Waals surface area contributed by atoms with Crippen LogP contribution in [0.4, 0.5) is 5.82 Å². The Bertz CT molecular complexity index is 1100. The van der Waals surface area contributed by atoms with Crippen molar-refractivity contribution in [2.45, 2.75) is 30.3 Å². The summed E-state index contributed by atoms with van der Waals surface area (Å²) in [4.78, 5) is 34.4. The van der Waals surface area contributed by atoms with E-state index in [0.717, 1.165) is 12.1 Å². The number of nitrogens with one attached hydrogen (secondary N) is 1. The van der Waals surface area contributed by atoms with Crippen LogP contribution in [0.1, 0.15) is 22.5 Å². The van der Waals surface area contributed by atoms with Gasteiger partial charge in [-0.25, -0.2) is 13.4 Å². The normalized spacial score (nSPS) is 21.3. The van der Waals surface area contributed by atoms with Gasteiger partial charge in [0.1, 0.15) is 23.0 Å². The molecule has 2 saturated heterocycles. The Morgan fingerprint density at radius 2 is 2.06 bits per heavy atom. The van der Waals surface area contributed by atoms with Gasteiger partial charge in [0.05, 0.1) is 6.04 Å². The fraction of sp³-hybridized carbons (Fsp3) is 0.450. The zero-order chi connectivity index (χ0) is 22.3. The Hall–Kier alpha value is -2.92. The first kappa shape index (κ1) is 21.3. The lowest BCUT2D eigenvalue weighted by Gasteiger charge is -2.38. The maximum Gasteiger partial charge on any atom is 0.289 e. The number of carbonyl (C=O) groups is 2. The maximum absolute atomic E-state index is 13.0. The minimum atomic E-state index is -4.04. The highest BCUT2D eigenvalue weighted by molar-refractivity contribution is 7.89. The quantitative estimate of drug-likeness (QED) is 0.708. The van der Waals surface area contributed by atoms with Crippen LogP contribution in [0.3, 0.4) is 0 Å². The molecule has 2 unspecified atom stereocenters. The number of amides is 2. The average molecular weight is 448 g/mol. The molecule has 31 heavy (non-hydrogen) atoms. The van der Waals surface area contributed by atoms with Gasteiger partial charge in [-0.3, -0.25) is 9.59 Å². The first-order valence-corrected chi connectivity index (χ1v) is 11.5. The van der Waals surface area contributed by atoms with Gasteiger partial charge in [-0.05, 0) is 25.5 Å². The van der Waals surface area contributed by atoms with Crippen molar-refractivity contribution in [1.29, 1.82) is 0 Å². The van der Waals surface area contributed by atoms with Gasteiger partial charge in [0, 0.05) is 45.5 Å². The molecule has 10 nitrogen and oxygen atoms in total. The molecule has 0 spiro atoms. The van der Waals surface area contributed by atoms with Crippen molar-refractivity contribution in [3.63, 3.8) is 0 Å². The third-order valence-corrected chi connectivity index (χ3v) is 7.30. The highest BCUT2D eigenvalue weighted by atomic mass is 32.2. The summed E-state index contributed by atoms with van der Waals surface area (Å²) >= 11 is 0. The van der Waals surface area contributed by atoms with Crippen LogP contribution in [-0.2, 0) is 14.8 Å². The summed E-state index contributed by atoms with van der Waals surface area (Å²) in [6.45, 7) is 3.24. The van der Waals surface area contributed by atoms with Gasteiger partial charge in [0.15, 0.2) is 5.76 Å². The first-order chi connectivity index (χ1) is 14.7. The molecule has 0 bridgehead atoms. The summed E-state index contributed by atoms with van der Waals surface area (Å²) in [6.07, 6.45) is 3.13. The van der Waals surface area contributed by atoms with Crippen molar-refractivity contribution >= 4 is 27.7 Å². The molecule has 2 aromatic rings. The van der Waals surface area contributed by atoms with Gasteiger partial charge in [-0.15, -0.1) is 0 Å². The Labute approximate surface area is 180 Å². The molecule has 11 heteroatoms. The van der Waals surface area contributed by atoms with E-state index < -0.39 is 22.0 Å². The second-order valence-electron chi connectivity index (χ2n) is 7.98. The maximum atomic E-state index is 13.0. The molecule has 0 aliphatic carbocycles. The molecule has 166 valence electrons. The lowest BCUT2D eigenvalue weighted by Crippen LogP contribution is -2.52. The van der Waals surface area contributed by atoms with Crippen molar-refractivity contribution in [3.8, 4) is 0 Å². The summed E-state index contributed by atoms with van der Waals surface area (Å²) in [5.41, 5.74) is 0.218. The van der Waals surface area contributed by atoms with Gasteiger partial charge in [0.25, 0.3) is 5.91 Å². The Morgan fingerprint density at radius 3 is 2.74 bits per heavy atom. The molecule has 0 aromatic carbocycles. The molecule has 4 rings (SSSR count). The van der Waals surface area contributed by atoms with E-state index in [1.54, 1.807) is 25.2 Å². The van der Waals surface area contributed by atoms with Gasteiger partial charge < -0.3 is 19.1 Å². The molecule has 2 fully saturated rings. The number of piperazine rings is 1. The van der Waals surface area contributed by atoms with Crippen LogP contribution < -0.4 is 9.62 Å². The molecule has 2 aliphatic heterocycles. The predicted molar refractivity (Wildman–Crippen MR) is 112 cm³/mol. The highest BCUT2D eigenvalue weighted by Crippen LogP contribution is 2.28. The van der Waals surface area contributed by atoms with E-state index in [1.807, 2.05) is 18.2 Å².